The van der Waals surface area contributed by atoms with Gasteiger partial charge in [-0.3, -0.25) is 4.79 Å². The molecule has 3 fully saturated rings. The van der Waals surface area contributed by atoms with Crippen LogP contribution in [0.4, 0.5) is 0 Å². The van der Waals surface area contributed by atoms with Crippen molar-refractivity contribution < 1.29 is 4.79 Å². The third kappa shape index (κ3) is 3.47. The van der Waals surface area contributed by atoms with Gasteiger partial charge in [-0.15, -0.1) is 0 Å². The Bertz CT molecular complexity index is 741. The molecular weight excluding hydrogens is 364 g/mol. The van der Waals surface area contributed by atoms with Crippen molar-refractivity contribution in [2.45, 2.75) is 106 Å². The predicted molar refractivity (Wildman–Crippen MR) is 127 cm³/mol. The van der Waals surface area contributed by atoms with Gasteiger partial charge in [-0.1, -0.05) is 52.3 Å². The maximum absolute atomic E-state index is 12.1. The summed E-state index contributed by atoms with van der Waals surface area (Å²) in [5, 5.41) is 0. The van der Waals surface area contributed by atoms with Crippen LogP contribution in [0.25, 0.3) is 0 Å². The second-order valence-corrected chi connectivity index (χ2v) is 12.9. The minimum Gasteiger partial charge on any atom is -0.295 e. The van der Waals surface area contributed by atoms with Gasteiger partial charge in [0.1, 0.15) is 0 Å². The molecule has 0 aromatic heterocycles. The highest BCUT2D eigenvalue weighted by molar-refractivity contribution is 5.91. The lowest BCUT2D eigenvalue weighted by Gasteiger charge is -2.58. The molecule has 0 bridgehead atoms. The van der Waals surface area contributed by atoms with E-state index in [-0.39, 0.29) is 5.41 Å². The standard InChI is InChI=1S/C29H46O/c1-19(2)27(4,5)15-12-20(3)24-10-11-25-23-9-8-21-18-22(30)13-16-28(21,6)26(23)14-17-29(24,25)7/h18,20,23-26H,1,8-17H2,2-7H3/t20-,23+,24-,25+,26+,28+,29-/m1/s1. The summed E-state index contributed by atoms with van der Waals surface area (Å²) in [6.07, 6.45) is 14.8. The lowest BCUT2D eigenvalue weighted by Crippen LogP contribution is -2.51. The minimum absolute atomic E-state index is 0.268. The summed E-state index contributed by atoms with van der Waals surface area (Å²) in [5.74, 6) is 4.71. The van der Waals surface area contributed by atoms with Crippen molar-refractivity contribution in [3.63, 3.8) is 0 Å². The zero-order chi connectivity index (χ0) is 21.9. The van der Waals surface area contributed by atoms with Crippen LogP contribution in [0.15, 0.2) is 23.8 Å². The molecule has 4 aliphatic rings. The average molecular weight is 411 g/mol. The quantitative estimate of drug-likeness (QED) is 0.418. The fourth-order valence-corrected chi connectivity index (χ4v) is 8.54. The highest BCUT2D eigenvalue weighted by Crippen LogP contribution is 2.67. The Kier molecular flexibility index (Phi) is 5.68. The van der Waals surface area contributed by atoms with E-state index in [1.165, 1.54) is 62.5 Å². The van der Waals surface area contributed by atoms with E-state index in [0.29, 0.717) is 16.6 Å². The molecule has 1 heteroatoms. The molecule has 0 saturated heterocycles. The molecule has 4 rings (SSSR count). The van der Waals surface area contributed by atoms with E-state index >= 15 is 0 Å². The SMILES string of the molecule is C=C(C)C(C)(C)CC[C@@H](C)[C@H]1CC[C@H]2[C@@H]3CCC4=CC(=O)CC[C@]4(C)[C@H]3CC[C@]12C. The summed E-state index contributed by atoms with van der Waals surface area (Å²) in [7, 11) is 0. The molecule has 0 amide bonds. The summed E-state index contributed by atoms with van der Waals surface area (Å²) >= 11 is 0. The number of fused-ring (bicyclic) bond motifs is 5. The first-order valence-corrected chi connectivity index (χ1v) is 12.9. The van der Waals surface area contributed by atoms with Crippen LogP contribution in [0, 0.1) is 45.8 Å². The topological polar surface area (TPSA) is 17.1 Å². The summed E-state index contributed by atoms with van der Waals surface area (Å²) in [5.41, 5.74) is 3.96. The second kappa shape index (κ2) is 7.63. The molecule has 4 aliphatic carbocycles. The van der Waals surface area contributed by atoms with Crippen LogP contribution in [0.2, 0.25) is 0 Å². The number of rotatable bonds is 5. The molecule has 0 aromatic rings. The maximum Gasteiger partial charge on any atom is 0.155 e. The number of hydrogen-bond acceptors (Lipinski definition) is 1. The van der Waals surface area contributed by atoms with Gasteiger partial charge < -0.3 is 0 Å². The highest BCUT2D eigenvalue weighted by Gasteiger charge is 2.59. The third-order valence-corrected chi connectivity index (χ3v) is 11.1. The number of carbonyl (C=O) groups excluding carboxylic acids is 1. The lowest BCUT2D eigenvalue weighted by atomic mass is 9.46. The molecule has 0 unspecified atom stereocenters. The van der Waals surface area contributed by atoms with Gasteiger partial charge in [-0.05, 0) is 117 Å². The molecule has 3 saturated carbocycles. The fraction of sp³-hybridized carbons (Fsp3) is 0.828. The Morgan fingerprint density at radius 3 is 2.57 bits per heavy atom. The minimum atomic E-state index is 0.268. The van der Waals surface area contributed by atoms with Gasteiger partial charge in [0, 0.05) is 6.42 Å². The van der Waals surface area contributed by atoms with Gasteiger partial charge in [-0.2, -0.15) is 0 Å². The van der Waals surface area contributed by atoms with Crippen LogP contribution >= 0.6 is 0 Å². The number of carbonyl (C=O) groups is 1. The van der Waals surface area contributed by atoms with E-state index in [2.05, 4.69) is 54.2 Å². The van der Waals surface area contributed by atoms with Crippen molar-refractivity contribution in [1.29, 1.82) is 0 Å². The van der Waals surface area contributed by atoms with Crippen LogP contribution < -0.4 is 0 Å². The zero-order valence-corrected chi connectivity index (χ0v) is 20.7. The van der Waals surface area contributed by atoms with Gasteiger partial charge >= 0.3 is 0 Å². The third-order valence-electron chi connectivity index (χ3n) is 11.1. The van der Waals surface area contributed by atoms with Crippen LogP contribution in [0.3, 0.4) is 0 Å². The zero-order valence-electron chi connectivity index (χ0n) is 20.7. The van der Waals surface area contributed by atoms with Crippen LogP contribution in [0.5, 0.6) is 0 Å². The molecule has 0 radical (unpaired) electrons. The molecule has 0 N–H and O–H groups in total. The Labute approximate surface area is 186 Å². The molecule has 0 aliphatic heterocycles. The number of hydrogen-bond donors (Lipinski definition) is 0. The Balaban J connectivity index is 1.50. The molecular formula is C29H46O. The Hall–Kier alpha value is -0.850. The van der Waals surface area contributed by atoms with Crippen molar-refractivity contribution in [2.24, 2.45) is 45.8 Å². The van der Waals surface area contributed by atoms with Crippen LogP contribution in [0.1, 0.15) is 106 Å². The largest absolute Gasteiger partial charge is 0.295 e. The molecule has 0 spiro atoms. The second-order valence-electron chi connectivity index (χ2n) is 12.9. The molecule has 0 aromatic carbocycles. The predicted octanol–water partition coefficient (Wildman–Crippen LogP) is 8.15. The Morgan fingerprint density at radius 2 is 1.87 bits per heavy atom. The van der Waals surface area contributed by atoms with E-state index in [1.54, 1.807) is 0 Å². The first-order chi connectivity index (χ1) is 14.0. The highest BCUT2D eigenvalue weighted by atomic mass is 16.1. The Morgan fingerprint density at radius 1 is 1.13 bits per heavy atom. The summed E-state index contributed by atoms with van der Waals surface area (Å²) in [6, 6.07) is 0. The molecule has 30 heavy (non-hydrogen) atoms. The van der Waals surface area contributed by atoms with Gasteiger partial charge in [0.25, 0.3) is 0 Å². The number of allylic oxidation sites excluding steroid dienone is 2. The summed E-state index contributed by atoms with van der Waals surface area (Å²) in [4.78, 5) is 12.1. The van der Waals surface area contributed by atoms with Crippen LogP contribution in [-0.2, 0) is 4.79 Å². The van der Waals surface area contributed by atoms with E-state index in [4.69, 9.17) is 0 Å². The molecule has 7 atom stereocenters. The van der Waals surface area contributed by atoms with Crippen molar-refractivity contribution in [3.8, 4) is 0 Å². The smallest absolute Gasteiger partial charge is 0.155 e. The van der Waals surface area contributed by atoms with Crippen molar-refractivity contribution in [1.82, 2.24) is 0 Å². The van der Waals surface area contributed by atoms with Gasteiger partial charge in [0.05, 0.1) is 0 Å². The molecule has 168 valence electrons. The maximum atomic E-state index is 12.1. The van der Waals surface area contributed by atoms with E-state index in [9.17, 15) is 4.79 Å². The van der Waals surface area contributed by atoms with Crippen molar-refractivity contribution in [2.75, 3.05) is 0 Å². The first kappa shape index (κ1) is 22.3. The van der Waals surface area contributed by atoms with E-state index in [1.807, 2.05) is 0 Å². The lowest BCUT2D eigenvalue weighted by molar-refractivity contribution is -0.117. The van der Waals surface area contributed by atoms with E-state index in [0.717, 1.165) is 42.4 Å². The summed E-state index contributed by atoms with van der Waals surface area (Å²) < 4.78 is 0. The fourth-order valence-electron chi connectivity index (χ4n) is 8.54. The van der Waals surface area contributed by atoms with Gasteiger partial charge in [-0.25, -0.2) is 0 Å². The first-order valence-electron chi connectivity index (χ1n) is 12.9. The van der Waals surface area contributed by atoms with Gasteiger partial charge in [0.15, 0.2) is 5.78 Å². The number of ketones is 1. The average Bonchev–Trinajstić information content (AvgIpc) is 3.04. The van der Waals surface area contributed by atoms with E-state index < -0.39 is 0 Å². The van der Waals surface area contributed by atoms with Crippen LogP contribution in [-0.4, -0.2) is 5.78 Å². The normalized spacial score (nSPS) is 42.1. The molecule has 0 heterocycles. The molecule has 1 nitrogen and oxygen atoms in total. The van der Waals surface area contributed by atoms with Crippen molar-refractivity contribution >= 4 is 5.78 Å². The monoisotopic (exact) mass is 410 g/mol. The van der Waals surface area contributed by atoms with Gasteiger partial charge in [0.2, 0.25) is 0 Å². The van der Waals surface area contributed by atoms with Crippen molar-refractivity contribution in [3.05, 3.63) is 23.8 Å². The summed E-state index contributed by atoms with van der Waals surface area (Å²) in [6.45, 7) is 18.9.